The number of aliphatic hydroxyl groups excluding tert-OH is 1. The molecule has 4 nitrogen and oxygen atoms in total. The van der Waals surface area contributed by atoms with Crippen LogP contribution < -0.4 is 10.1 Å². The van der Waals surface area contributed by atoms with Gasteiger partial charge in [0.1, 0.15) is 5.75 Å². The molecular formula is C14H23NO3. The summed E-state index contributed by atoms with van der Waals surface area (Å²) in [5.41, 5.74) is 1.13. The number of aliphatic hydroxyl groups is 1. The minimum atomic E-state index is -0.0373. The Morgan fingerprint density at radius 3 is 2.72 bits per heavy atom. The van der Waals surface area contributed by atoms with E-state index in [0.717, 1.165) is 11.3 Å². The van der Waals surface area contributed by atoms with Crippen LogP contribution in [0.4, 0.5) is 0 Å². The largest absolute Gasteiger partial charge is 0.491 e. The molecular weight excluding hydrogens is 230 g/mol. The van der Waals surface area contributed by atoms with Crippen LogP contribution in [0.5, 0.6) is 5.75 Å². The van der Waals surface area contributed by atoms with Crippen molar-refractivity contribution < 1.29 is 14.6 Å². The fourth-order valence-electron chi connectivity index (χ4n) is 1.64. The lowest BCUT2D eigenvalue weighted by molar-refractivity contribution is 0.128. The molecule has 18 heavy (non-hydrogen) atoms. The Labute approximate surface area is 109 Å². The Morgan fingerprint density at radius 2 is 2.11 bits per heavy atom. The van der Waals surface area contributed by atoms with Gasteiger partial charge < -0.3 is 19.9 Å². The maximum Gasteiger partial charge on any atom is 0.120 e. The summed E-state index contributed by atoms with van der Waals surface area (Å²) in [5, 5.41) is 12.4. The first-order chi connectivity index (χ1) is 8.65. The van der Waals surface area contributed by atoms with Crippen molar-refractivity contribution in [1.82, 2.24) is 5.32 Å². The summed E-state index contributed by atoms with van der Waals surface area (Å²) in [7, 11) is 1.63. The Kier molecular flexibility index (Phi) is 6.72. The lowest BCUT2D eigenvalue weighted by Crippen LogP contribution is -2.35. The SMILES string of the molecule is COCC(CO)NCc1cccc(OC(C)C)c1. The molecule has 1 aromatic rings. The van der Waals surface area contributed by atoms with Crippen LogP contribution in [0.25, 0.3) is 0 Å². The Bertz CT molecular complexity index is 342. The van der Waals surface area contributed by atoms with Gasteiger partial charge in [0.25, 0.3) is 0 Å². The summed E-state index contributed by atoms with van der Waals surface area (Å²) >= 11 is 0. The van der Waals surface area contributed by atoms with Crippen LogP contribution in [-0.2, 0) is 11.3 Å². The number of rotatable bonds is 8. The van der Waals surface area contributed by atoms with Gasteiger partial charge in [-0.1, -0.05) is 12.1 Å². The average Bonchev–Trinajstić information content (AvgIpc) is 2.34. The van der Waals surface area contributed by atoms with Gasteiger partial charge in [-0.3, -0.25) is 0 Å². The van der Waals surface area contributed by atoms with Gasteiger partial charge in [0, 0.05) is 13.7 Å². The van der Waals surface area contributed by atoms with E-state index >= 15 is 0 Å². The molecule has 0 aliphatic carbocycles. The van der Waals surface area contributed by atoms with Crippen LogP contribution in [0.15, 0.2) is 24.3 Å². The molecule has 1 rings (SSSR count). The highest BCUT2D eigenvalue weighted by Gasteiger charge is 2.06. The molecule has 4 heteroatoms. The van der Waals surface area contributed by atoms with Crippen LogP contribution >= 0.6 is 0 Å². The highest BCUT2D eigenvalue weighted by molar-refractivity contribution is 5.28. The number of hydrogen-bond acceptors (Lipinski definition) is 4. The van der Waals surface area contributed by atoms with Crippen molar-refractivity contribution in [3.63, 3.8) is 0 Å². The maximum absolute atomic E-state index is 9.14. The van der Waals surface area contributed by atoms with E-state index in [4.69, 9.17) is 14.6 Å². The van der Waals surface area contributed by atoms with Gasteiger partial charge in [-0.05, 0) is 31.5 Å². The second-order valence-corrected chi connectivity index (χ2v) is 4.53. The second-order valence-electron chi connectivity index (χ2n) is 4.53. The maximum atomic E-state index is 9.14. The molecule has 0 aromatic heterocycles. The van der Waals surface area contributed by atoms with Gasteiger partial charge in [-0.2, -0.15) is 0 Å². The first-order valence-electron chi connectivity index (χ1n) is 6.24. The molecule has 0 amide bonds. The smallest absolute Gasteiger partial charge is 0.120 e. The molecule has 2 N–H and O–H groups in total. The third-order valence-electron chi connectivity index (χ3n) is 2.45. The number of hydrogen-bond donors (Lipinski definition) is 2. The zero-order chi connectivity index (χ0) is 13.4. The molecule has 0 heterocycles. The van der Waals surface area contributed by atoms with Crippen molar-refractivity contribution in [2.24, 2.45) is 0 Å². The summed E-state index contributed by atoms with van der Waals surface area (Å²) in [5.74, 6) is 0.872. The molecule has 1 aromatic carbocycles. The van der Waals surface area contributed by atoms with Crippen LogP contribution in [-0.4, -0.2) is 37.6 Å². The molecule has 0 fully saturated rings. The minimum absolute atomic E-state index is 0.0373. The zero-order valence-electron chi connectivity index (χ0n) is 11.3. The second kappa shape index (κ2) is 8.08. The molecule has 0 aliphatic heterocycles. The molecule has 0 radical (unpaired) electrons. The summed E-state index contributed by atoms with van der Waals surface area (Å²) in [4.78, 5) is 0. The van der Waals surface area contributed by atoms with Gasteiger partial charge in [-0.25, -0.2) is 0 Å². The van der Waals surface area contributed by atoms with E-state index in [2.05, 4.69) is 5.32 Å². The molecule has 0 saturated heterocycles. The predicted octanol–water partition coefficient (Wildman–Crippen LogP) is 1.57. The summed E-state index contributed by atoms with van der Waals surface area (Å²) < 4.78 is 10.6. The lowest BCUT2D eigenvalue weighted by atomic mass is 10.2. The summed E-state index contributed by atoms with van der Waals surface area (Å²) in [6.45, 7) is 5.26. The van der Waals surface area contributed by atoms with Crippen LogP contribution in [0.2, 0.25) is 0 Å². The van der Waals surface area contributed by atoms with E-state index in [0.29, 0.717) is 13.2 Å². The van der Waals surface area contributed by atoms with E-state index in [1.807, 2.05) is 38.1 Å². The zero-order valence-corrected chi connectivity index (χ0v) is 11.3. The fraction of sp³-hybridized carbons (Fsp3) is 0.571. The molecule has 1 atom stereocenters. The Morgan fingerprint density at radius 1 is 1.33 bits per heavy atom. The summed E-state index contributed by atoms with van der Waals surface area (Å²) in [6.07, 6.45) is 0.173. The Balaban J connectivity index is 2.51. The fourth-order valence-corrected chi connectivity index (χ4v) is 1.64. The van der Waals surface area contributed by atoms with Crippen molar-refractivity contribution >= 4 is 0 Å². The van der Waals surface area contributed by atoms with E-state index in [-0.39, 0.29) is 18.8 Å². The van der Waals surface area contributed by atoms with Crippen molar-refractivity contribution in [3.05, 3.63) is 29.8 Å². The van der Waals surface area contributed by atoms with Crippen LogP contribution in [0.1, 0.15) is 19.4 Å². The van der Waals surface area contributed by atoms with E-state index in [1.54, 1.807) is 7.11 Å². The number of benzene rings is 1. The number of ether oxygens (including phenoxy) is 2. The van der Waals surface area contributed by atoms with Crippen molar-refractivity contribution in [2.75, 3.05) is 20.3 Å². The molecule has 102 valence electrons. The van der Waals surface area contributed by atoms with Gasteiger partial charge >= 0.3 is 0 Å². The normalized spacial score (nSPS) is 12.7. The molecule has 0 aliphatic rings. The number of methoxy groups -OCH3 is 1. The third kappa shape index (κ3) is 5.49. The molecule has 0 bridgehead atoms. The first kappa shape index (κ1) is 15.0. The molecule has 0 saturated carbocycles. The van der Waals surface area contributed by atoms with Crippen LogP contribution in [0, 0.1) is 0 Å². The van der Waals surface area contributed by atoms with Gasteiger partial charge in [0.2, 0.25) is 0 Å². The van der Waals surface area contributed by atoms with Crippen LogP contribution in [0.3, 0.4) is 0 Å². The average molecular weight is 253 g/mol. The monoisotopic (exact) mass is 253 g/mol. The molecule has 0 spiro atoms. The predicted molar refractivity (Wildman–Crippen MR) is 71.8 cm³/mol. The Hall–Kier alpha value is -1.10. The first-order valence-corrected chi connectivity index (χ1v) is 6.24. The van der Waals surface area contributed by atoms with Gasteiger partial charge in [-0.15, -0.1) is 0 Å². The minimum Gasteiger partial charge on any atom is -0.491 e. The lowest BCUT2D eigenvalue weighted by Gasteiger charge is -2.16. The van der Waals surface area contributed by atoms with Gasteiger partial charge in [0.05, 0.1) is 25.4 Å². The van der Waals surface area contributed by atoms with Crippen molar-refractivity contribution in [2.45, 2.75) is 32.5 Å². The van der Waals surface area contributed by atoms with E-state index < -0.39 is 0 Å². The van der Waals surface area contributed by atoms with Gasteiger partial charge in [0.15, 0.2) is 0 Å². The quantitative estimate of drug-likeness (QED) is 0.738. The van der Waals surface area contributed by atoms with E-state index in [1.165, 1.54) is 0 Å². The standard InChI is InChI=1S/C14H23NO3/c1-11(2)18-14-6-4-5-12(7-14)8-15-13(9-16)10-17-3/h4-7,11,13,15-16H,8-10H2,1-3H3. The molecule has 1 unspecified atom stereocenters. The summed E-state index contributed by atoms with van der Waals surface area (Å²) in [6, 6.07) is 7.92. The highest BCUT2D eigenvalue weighted by atomic mass is 16.5. The van der Waals surface area contributed by atoms with Crippen molar-refractivity contribution in [3.8, 4) is 5.75 Å². The van der Waals surface area contributed by atoms with Crippen molar-refractivity contribution in [1.29, 1.82) is 0 Å². The van der Waals surface area contributed by atoms with E-state index in [9.17, 15) is 0 Å². The third-order valence-corrected chi connectivity index (χ3v) is 2.45. The topological polar surface area (TPSA) is 50.7 Å². The highest BCUT2D eigenvalue weighted by Crippen LogP contribution is 2.14. The number of nitrogens with one attached hydrogen (secondary N) is 1.